The number of aryl methyl sites for hydroxylation is 1. The van der Waals surface area contributed by atoms with E-state index in [1.165, 1.54) is 15.9 Å². The van der Waals surface area contributed by atoms with Crippen molar-refractivity contribution in [2.75, 3.05) is 20.1 Å². The molecule has 2 amide bonds. The summed E-state index contributed by atoms with van der Waals surface area (Å²) in [6.45, 7) is 5.46. The van der Waals surface area contributed by atoms with Crippen LogP contribution in [0.5, 0.6) is 0 Å². The molecular formula is C13H18N2O4. The van der Waals surface area contributed by atoms with Crippen molar-refractivity contribution in [2.24, 2.45) is 0 Å². The maximum absolute atomic E-state index is 12.1. The Morgan fingerprint density at radius 2 is 2.16 bits per heavy atom. The fourth-order valence-corrected chi connectivity index (χ4v) is 1.64. The van der Waals surface area contributed by atoms with Gasteiger partial charge < -0.3 is 19.3 Å². The molecule has 0 unspecified atom stereocenters. The number of carboxylic acids is 1. The predicted octanol–water partition coefficient (Wildman–Crippen LogP) is 1.71. The van der Waals surface area contributed by atoms with E-state index in [2.05, 4.69) is 6.58 Å². The molecule has 0 saturated heterocycles. The lowest BCUT2D eigenvalue weighted by molar-refractivity contribution is -0.137. The average Bonchev–Trinajstić information content (AvgIpc) is 2.72. The molecule has 0 atom stereocenters. The van der Waals surface area contributed by atoms with Crippen LogP contribution in [0.25, 0.3) is 0 Å². The van der Waals surface area contributed by atoms with Crippen molar-refractivity contribution in [3.8, 4) is 0 Å². The molecule has 1 heterocycles. The normalized spacial score (nSPS) is 10.0. The number of furan rings is 1. The van der Waals surface area contributed by atoms with Crippen molar-refractivity contribution in [3.05, 3.63) is 36.3 Å². The minimum absolute atomic E-state index is 0.187. The van der Waals surface area contributed by atoms with E-state index in [-0.39, 0.29) is 19.1 Å². The molecule has 1 rings (SSSR count). The van der Waals surface area contributed by atoms with Crippen LogP contribution in [0.2, 0.25) is 0 Å². The number of carboxylic acid groups (broad SMARTS) is 1. The third-order valence-electron chi connectivity index (χ3n) is 2.46. The highest BCUT2D eigenvalue weighted by molar-refractivity contribution is 5.80. The summed E-state index contributed by atoms with van der Waals surface area (Å²) in [7, 11) is 1.60. The van der Waals surface area contributed by atoms with E-state index in [9.17, 15) is 9.59 Å². The van der Waals surface area contributed by atoms with Gasteiger partial charge in [-0.1, -0.05) is 6.08 Å². The molecular weight excluding hydrogens is 248 g/mol. The number of rotatable bonds is 6. The number of hydrogen-bond donors (Lipinski definition) is 1. The molecule has 1 N–H and O–H groups in total. The topological polar surface area (TPSA) is 74.0 Å². The van der Waals surface area contributed by atoms with Crippen molar-refractivity contribution in [3.63, 3.8) is 0 Å². The third kappa shape index (κ3) is 4.50. The number of nitrogens with zero attached hydrogens (tertiary/aromatic N) is 2. The first-order valence-corrected chi connectivity index (χ1v) is 5.82. The molecule has 0 radical (unpaired) electrons. The summed E-state index contributed by atoms with van der Waals surface area (Å²) in [5, 5.41) is 8.77. The molecule has 6 nitrogen and oxygen atoms in total. The van der Waals surface area contributed by atoms with Gasteiger partial charge in [0.1, 0.15) is 18.1 Å². The minimum atomic E-state index is -1.06. The van der Waals surface area contributed by atoms with Crippen LogP contribution in [0.15, 0.2) is 29.2 Å². The number of aliphatic carboxylic acids is 1. The Labute approximate surface area is 111 Å². The fourth-order valence-electron chi connectivity index (χ4n) is 1.64. The molecule has 0 spiro atoms. The molecule has 0 fully saturated rings. The Morgan fingerprint density at radius 1 is 1.47 bits per heavy atom. The number of hydrogen-bond acceptors (Lipinski definition) is 3. The van der Waals surface area contributed by atoms with E-state index in [0.29, 0.717) is 12.3 Å². The first kappa shape index (κ1) is 14.8. The average molecular weight is 266 g/mol. The molecule has 0 aromatic carbocycles. The van der Waals surface area contributed by atoms with Crippen LogP contribution in [-0.2, 0) is 11.3 Å². The first-order valence-electron chi connectivity index (χ1n) is 5.82. The van der Waals surface area contributed by atoms with Gasteiger partial charge in [0.2, 0.25) is 0 Å². The van der Waals surface area contributed by atoms with Gasteiger partial charge in [-0.15, -0.1) is 6.58 Å². The van der Waals surface area contributed by atoms with E-state index in [4.69, 9.17) is 9.52 Å². The molecule has 0 bridgehead atoms. The monoisotopic (exact) mass is 266 g/mol. The van der Waals surface area contributed by atoms with Crippen LogP contribution in [0, 0.1) is 6.92 Å². The summed E-state index contributed by atoms with van der Waals surface area (Å²) in [4.78, 5) is 25.4. The Kier molecular flexibility index (Phi) is 5.17. The molecule has 6 heteroatoms. The summed E-state index contributed by atoms with van der Waals surface area (Å²) in [6.07, 6.45) is 1.49. The highest BCUT2D eigenvalue weighted by Gasteiger charge is 2.20. The molecule has 19 heavy (non-hydrogen) atoms. The lowest BCUT2D eigenvalue weighted by atomic mass is 10.4. The van der Waals surface area contributed by atoms with Crippen LogP contribution in [0.3, 0.4) is 0 Å². The molecule has 1 aromatic heterocycles. The quantitative estimate of drug-likeness (QED) is 0.795. The van der Waals surface area contributed by atoms with Crippen molar-refractivity contribution in [1.29, 1.82) is 0 Å². The molecule has 0 saturated carbocycles. The van der Waals surface area contributed by atoms with E-state index in [1.54, 1.807) is 13.1 Å². The number of amides is 2. The van der Waals surface area contributed by atoms with Gasteiger partial charge in [-0.25, -0.2) is 4.79 Å². The van der Waals surface area contributed by atoms with E-state index in [0.717, 1.165) is 5.76 Å². The maximum Gasteiger partial charge on any atom is 0.323 e. The molecule has 0 aliphatic heterocycles. The predicted molar refractivity (Wildman–Crippen MR) is 69.7 cm³/mol. The summed E-state index contributed by atoms with van der Waals surface area (Å²) >= 11 is 0. The lowest BCUT2D eigenvalue weighted by Gasteiger charge is -2.25. The Bertz CT molecular complexity index is 467. The van der Waals surface area contributed by atoms with Gasteiger partial charge >= 0.3 is 12.0 Å². The van der Waals surface area contributed by atoms with Crippen LogP contribution in [-0.4, -0.2) is 47.0 Å². The second kappa shape index (κ2) is 6.63. The second-order valence-electron chi connectivity index (χ2n) is 4.21. The van der Waals surface area contributed by atoms with E-state index in [1.807, 2.05) is 13.0 Å². The van der Waals surface area contributed by atoms with Gasteiger partial charge in [0.05, 0.1) is 6.54 Å². The smallest absolute Gasteiger partial charge is 0.323 e. The third-order valence-corrected chi connectivity index (χ3v) is 2.46. The SMILES string of the molecule is C=CCN(CC(=O)O)C(=O)N(C)Cc1ccc(C)o1. The zero-order valence-electron chi connectivity index (χ0n) is 11.1. The number of carbonyl (C=O) groups is 2. The Balaban J connectivity index is 2.66. The van der Waals surface area contributed by atoms with E-state index >= 15 is 0 Å². The van der Waals surface area contributed by atoms with Crippen molar-refractivity contribution < 1.29 is 19.1 Å². The van der Waals surface area contributed by atoms with Gasteiger partial charge in [-0.3, -0.25) is 4.79 Å². The summed E-state index contributed by atoms with van der Waals surface area (Å²) in [6, 6.07) is 3.22. The summed E-state index contributed by atoms with van der Waals surface area (Å²) in [5.41, 5.74) is 0. The van der Waals surface area contributed by atoms with Gasteiger partial charge in [-0.05, 0) is 19.1 Å². The lowest BCUT2D eigenvalue weighted by Crippen LogP contribution is -2.43. The van der Waals surface area contributed by atoms with Crippen LogP contribution >= 0.6 is 0 Å². The first-order chi connectivity index (χ1) is 8.93. The fraction of sp³-hybridized carbons (Fsp3) is 0.385. The zero-order valence-corrected chi connectivity index (χ0v) is 11.1. The Hall–Kier alpha value is -2.24. The van der Waals surface area contributed by atoms with Gasteiger partial charge in [0.15, 0.2) is 0 Å². The highest BCUT2D eigenvalue weighted by Crippen LogP contribution is 2.10. The van der Waals surface area contributed by atoms with Gasteiger partial charge in [0, 0.05) is 13.6 Å². The molecule has 0 aliphatic rings. The van der Waals surface area contributed by atoms with Crippen LogP contribution in [0.1, 0.15) is 11.5 Å². The zero-order chi connectivity index (χ0) is 14.4. The number of carbonyl (C=O) groups excluding carboxylic acids is 1. The second-order valence-corrected chi connectivity index (χ2v) is 4.21. The number of urea groups is 1. The Morgan fingerprint density at radius 3 is 2.63 bits per heavy atom. The van der Waals surface area contributed by atoms with Crippen LogP contribution < -0.4 is 0 Å². The maximum atomic E-state index is 12.1. The van der Waals surface area contributed by atoms with Gasteiger partial charge in [0.25, 0.3) is 0 Å². The highest BCUT2D eigenvalue weighted by atomic mass is 16.4. The van der Waals surface area contributed by atoms with Crippen molar-refractivity contribution >= 4 is 12.0 Å². The standard InChI is InChI=1S/C13H18N2O4/c1-4-7-15(9-12(16)17)13(18)14(3)8-11-6-5-10(2)19-11/h4-6H,1,7-9H2,2-3H3,(H,16,17). The largest absolute Gasteiger partial charge is 0.480 e. The van der Waals surface area contributed by atoms with Crippen LogP contribution in [0.4, 0.5) is 4.79 Å². The summed E-state index contributed by atoms with van der Waals surface area (Å²) in [5.74, 6) is 0.365. The molecule has 104 valence electrons. The summed E-state index contributed by atoms with van der Waals surface area (Å²) < 4.78 is 5.38. The van der Waals surface area contributed by atoms with Crippen molar-refractivity contribution in [1.82, 2.24) is 9.80 Å². The molecule has 1 aromatic rings. The van der Waals surface area contributed by atoms with E-state index < -0.39 is 5.97 Å². The van der Waals surface area contributed by atoms with Gasteiger partial charge in [-0.2, -0.15) is 0 Å². The minimum Gasteiger partial charge on any atom is -0.480 e. The molecule has 0 aliphatic carbocycles. The van der Waals surface area contributed by atoms with Crippen molar-refractivity contribution in [2.45, 2.75) is 13.5 Å².